The number of phenolic OH excluding ortho intramolecular Hbond substituents is 1. The third-order valence-electron chi connectivity index (χ3n) is 10.4. The van der Waals surface area contributed by atoms with Crippen molar-refractivity contribution in [3.63, 3.8) is 0 Å². The Morgan fingerprint density at radius 3 is 2.85 bits per heavy atom. The molecule has 3 saturated heterocycles. The zero-order valence-electron chi connectivity index (χ0n) is 25.2. The molecule has 2 bridgehead atoms. The van der Waals surface area contributed by atoms with Gasteiger partial charge in [0.2, 0.25) is 0 Å². The van der Waals surface area contributed by atoms with Crippen LogP contribution in [0.15, 0.2) is 55.0 Å². The Balaban J connectivity index is 1.19. The molecule has 0 aliphatic carbocycles. The Bertz CT molecular complexity index is 2090. The second kappa shape index (κ2) is 10.3. The first kappa shape index (κ1) is 27.5. The Morgan fingerprint density at radius 2 is 2.00 bits per heavy atom. The third-order valence-corrected chi connectivity index (χ3v) is 10.4. The molecule has 0 amide bonds. The summed E-state index contributed by atoms with van der Waals surface area (Å²) in [6, 6.07) is 11.5. The van der Waals surface area contributed by atoms with Crippen LogP contribution in [0.5, 0.6) is 11.8 Å². The van der Waals surface area contributed by atoms with Crippen LogP contribution in [0, 0.1) is 18.2 Å². The van der Waals surface area contributed by atoms with E-state index < -0.39 is 5.82 Å². The van der Waals surface area contributed by atoms with E-state index >= 15 is 4.39 Å². The number of aromatic nitrogens is 4. The quantitative estimate of drug-likeness (QED) is 0.269. The monoisotopic (exact) mass is 613 g/mol. The lowest BCUT2D eigenvalue weighted by Gasteiger charge is -2.35. The molecule has 2 N–H and O–H groups in total. The number of phenols is 1. The van der Waals surface area contributed by atoms with Gasteiger partial charge >= 0.3 is 6.01 Å². The van der Waals surface area contributed by atoms with E-state index in [1.165, 1.54) is 17.2 Å². The number of halogens is 1. The largest absolute Gasteiger partial charge is 0.508 e. The molecule has 10 heteroatoms. The van der Waals surface area contributed by atoms with E-state index in [2.05, 4.69) is 37.1 Å². The van der Waals surface area contributed by atoms with E-state index in [9.17, 15) is 5.11 Å². The highest BCUT2D eigenvalue weighted by Gasteiger charge is 2.49. The van der Waals surface area contributed by atoms with Crippen molar-refractivity contribution in [2.75, 3.05) is 31.1 Å². The van der Waals surface area contributed by atoms with Gasteiger partial charge in [-0.15, -0.1) is 6.42 Å². The molecule has 7 heterocycles. The summed E-state index contributed by atoms with van der Waals surface area (Å²) in [4.78, 5) is 23.4. The Kier molecular flexibility index (Phi) is 6.17. The molecule has 9 nitrogen and oxygen atoms in total. The standard InChI is InChI=1S/C36H32FN7O2/c1-2-21-5-3-6-22-13-26(45)14-27(30(21)22)32-31(37)33-28(15-39-32)34(43-18-24-7-8-25(19-43)40-24)42-35(41-33)46-20-36-10-4-12-44(36)17-23-9-11-38-16-29(23)36/h1,3,5-6,9,11,13-16,24-25,40,45H,4,7-8,10,12,17-20H2/t24-,25+,36?. The van der Waals surface area contributed by atoms with Crippen molar-refractivity contribution in [1.29, 1.82) is 0 Å². The zero-order valence-corrected chi connectivity index (χ0v) is 25.2. The maximum Gasteiger partial charge on any atom is 0.319 e. The number of fused-ring (bicyclic) bond motifs is 7. The normalized spacial score (nSPS) is 23.5. The molecule has 3 fully saturated rings. The second-order valence-electron chi connectivity index (χ2n) is 13.0. The van der Waals surface area contributed by atoms with Gasteiger partial charge in [-0.1, -0.05) is 18.1 Å². The summed E-state index contributed by atoms with van der Waals surface area (Å²) in [6.07, 6.45) is 15.5. The summed E-state index contributed by atoms with van der Waals surface area (Å²) in [5.74, 6) is 2.70. The predicted octanol–water partition coefficient (Wildman–Crippen LogP) is 4.89. The molecule has 46 heavy (non-hydrogen) atoms. The van der Waals surface area contributed by atoms with E-state index in [0.29, 0.717) is 51.8 Å². The number of aromatic hydroxyl groups is 1. The molecule has 3 aromatic heterocycles. The first-order valence-corrected chi connectivity index (χ1v) is 15.9. The minimum atomic E-state index is -0.612. The van der Waals surface area contributed by atoms with Gasteiger partial charge in [0.1, 0.15) is 29.4 Å². The maximum absolute atomic E-state index is 16.9. The average Bonchev–Trinajstić information content (AvgIpc) is 3.73. The summed E-state index contributed by atoms with van der Waals surface area (Å²) in [6.45, 7) is 3.68. The van der Waals surface area contributed by atoms with Gasteiger partial charge in [0.05, 0.1) is 10.9 Å². The van der Waals surface area contributed by atoms with Crippen LogP contribution < -0.4 is 15.0 Å². The molecule has 5 aromatic rings. The highest BCUT2D eigenvalue weighted by atomic mass is 19.1. The SMILES string of the molecule is C#Cc1cccc2cc(O)cc(-c3ncc4c(N5C[C@H]6CC[C@@H](C5)N6)nc(OCC56CCCN5Cc5ccncc56)nc4c3F)c12. The van der Waals surface area contributed by atoms with Gasteiger partial charge in [-0.3, -0.25) is 14.9 Å². The minimum Gasteiger partial charge on any atom is -0.508 e. The van der Waals surface area contributed by atoms with Crippen molar-refractivity contribution in [1.82, 2.24) is 30.2 Å². The fraction of sp³-hybridized carbons (Fsp3) is 0.333. The molecule has 0 spiro atoms. The van der Waals surface area contributed by atoms with Gasteiger partial charge in [-0.05, 0) is 73.0 Å². The number of piperazine rings is 1. The number of hydrogen-bond acceptors (Lipinski definition) is 9. The lowest BCUT2D eigenvalue weighted by atomic mass is 9.90. The maximum atomic E-state index is 16.9. The smallest absolute Gasteiger partial charge is 0.319 e. The number of ether oxygens (including phenoxy) is 1. The van der Waals surface area contributed by atoms with E-state index in [-0.39, 0.29) is 28.5 Å². The molecule has 0 saturated carbocycles. The van der Waals surface area contributed by atoms with Crippen molar-refractivity contribution in [3.8, 4) is 35.4 Å². The molecule has 9 rings (SSSR count). The van der Waals surface area contributed by atoms with E-state index in [1.54, 1.807) is 18.3 Å². The molecule has 0 radical (unpaired) electrons. The van der Waals surface area contributed by atoms with Gasteiger partial charge in [0.15, 0.2) is 5.82 Å². The summed E-state index contributed by atoms with van der Waals surface area (Å²) in [7, 11) is 0. The van der Waals surface area contributed by atoms with Crippen LogP contribution >= 0.6 is 0 Å². The number of anilines is 1. The fourth-order valence-electron chi connectivity index (χ4n) is 8.28. The zero-order chi connectivity index (χ0) is 31.0. The molecule has 2 aromatic carbocycles. The molecule has 230 valence electrons. The molecular formula is C36H32FN7O2. The van der Waals surface area contributed by atoms with Gasteiger partial charge in [0.25, 0.3) is 0 Å². The van der Waals surface area contributed by atoms with Crippen LogP contribution in [-0.2, 0) is 12.1 Å². The predicted molar refractivity (Wildman–Crippen MR) is 173 cm³/mol. The summed E-state index contributed by atoms with van der Waals surface area (Å²) in [5, 5.41) is 16.1. The number of rotatable bonds is 5. The summed E-state index contributed by atoms with van der Waals surface area (Å²) < 4.78 is 23.4. The molecule has 3 atom stereocenters. The lowest BCUT2D eigenvalue weighted by molar-refractivity contribution is 0.0825. The molecule has 4 aliphatic heterocycles. The van der Waals surface area contributed by atoms with E-state index in [0.717, 1.165) is 51.9 Å². The van der Waals surface area contributed by atoms with Crippen LogP contribution in [0.1, 0.15) is 42.4 Å². The van der Waals surface area contributed by atoms with Crippen molar-refractivity contribution in [3.05, 3.63) is 77.5 Å². The summed E-state index contributed by atoms with van der Waals surface area (Å²) in [5.41, 5.74) is 3.31. The second-order valence-corrected chi connectivity index (χ2v) is 13.0. The molecule has 1 unspecified atom stereocenters. The number of terminal acetylenes is 1. The van der Waals surface area contributed by atoms with E-state index in [4.69, 9.17) is 21.1 Å². The van der Waals surface area contributed by atoms with Crippen LogP contribution in [0.25, 0.3) is 32.9 Å². The van der Waals surface area contributed by atoms with Crippen molar-refractivity contribution < 1.29 is 14.2 Å². The van der Waals surface area contributed by atoms with Crippen molar-refractivity contribution >= 4 is 27.5 Å². The van der Waals surface area contributed by atoms with Crippen LogP contribution in [0.3, 0.4) is 0 Å². The Labute approximate surface area is 265 Å². The first-order chi connectivity index (χ1) is 22.5. The minimum absolute atomic E-state index is 0.00614. The number of nitrogens with zero attached hydrogens (tertiary/aromatic N) is 6. The summed E-state index contributed by atoms with van der Waals surface area (Å²) >= 11 is 0. The van der Waals surface area contributed by atoms with Gasteiger partial charge in [-0.25, -0.2) is 4.39 Å². The third kappa shape index (κ3) is 4.15. The lowest BCUT2D eigenvalue weighted by Crippen LogP contribution is -2.51. The van der Waals surface area contributed by atoms with Crippen molar-refractivity contribution in [2.45, 2.75) is 49.9 Å². The first-order valence-electron chi connectivity index (χ1n) is 15.9. The number of pyridine rings is 2. The van der Waals surface area contributed by atoms with Crippen LogP contribution in [-0.4, -0.2) is 68.3 Å². The van der Waals surface area contributed by atoms with Crippen LogP contribution in [0.2, 0.25) is 0 Å². The van der Waals surface area contributed by atoms with Crippen LogP contribution in [0.4, 0.5) is 10.2 Å². The van der Waals surface area contributed by atoms with Crippen molar-refractivity contribution in [2.24, 2.45) is 0 Å². The van der Waals surface area contributed by atoms with Gasteiger partial charge in [-0.2, -0.15) is 9.97 Å². The van der Waals surface area contributed by atoms with Gasteiger partial charge < -0.3 is 20.1 Å². The molecular weight excluding hydrogens is 581 g/mol. The highest BCUT2D eigenvalue weighted by molar-refractivity contribution is 6.02. The number of benzene rings is 2. The molecule has 4 aliphatic rings. The average molecular weight is 614 g/mol. The number of hydrogen-bond donors (Lipinski definition) is 2. The fourth-order valence-corrected chi connectivity index (χ4v) is 8.28. The number of nitrogens with one attached hydrogen (secondary N) is 1. The highest BCUT2D eigenvalue weighted by Crippen LogP contribution is 2.47. The topological polar surface area (TPSA) is 99.5 Å². The Hall–Kier alpha value is -4.85. The van der Waals surface area contributed by atoms with Gasteiger partial charge in [0, 0.05) is 66.8 Å². The van der Waals surface area contributed by atoms with E-state index in [1.807, 2.05) is 24.5 Å². The Morgan fingerprint density at radius 1 is 1.13 bits per heavy atom.